The molecule has 0 saturated carbocycles. The third kappa shape index (κ3) is 2.20. The van der Waals surface area contributed by atoms with E-state index in [1.807, 2.05) is 6.07 Å². The molecule has 140 valence electrons. The molecule has 2 N–H and O–H groups in total. The molecule has 1 aromatic rings. The fourth-order valence-electron chi connectivity index (χ4n) is 5.08. The Kier molecular flexibility index (Phi) is 3.31. The first-order valence-corrected chi connectivity index (χ1v) is 9.16. The van der Waals surface area contributed by atoms with Gasteiger partial charge in [-0.05, 0) is 51.7 Å². The van der Waals surface area contributed by atoms with Crippen molar-refractivity contribution in [3.63, 3.8) is 0 Å². The molecule has 0 unspecified atom stereocenters. The molecular weight excluding hydrogens is 330 g/mol. The Morgan fingerprint density at radius 1 is 1.12 bits per heavy atom. The normalized spacial score (nSPS) is 30.1. The summed E-state index contributed by atoms with van der Waals surface area (Å²) in [6, 6.07) is 3.70. The van der Waals surface area contributed by atoms with Crippen LogP contribution in [0.3, 0.4) is 0 Å². The summed E-state index contributed by atoms with van der Waals surface area (Å²) in [7, 11) is 0. The summed E-state index contributed by atoms with van der Waals surface area (Å²) in [5.41, 5.74) is 2.03. The summed E-state index contributed by atoms with van der Waals surface area (Å²) in [6.45, 7) is 12.0. The van der Waals surface area contributed by atoms with Crippen molar-refractivity contribution >= 4 is 17.0 Å². The quantitative estimate of drug-likeness (QED) is 0.548. The molecule has 26 heavy (non-hydrogen) atoms. The second-order valence-electron chi connectivity index (χ2n) is 9.72. The van der Waals surface area contributed by atoms with Crippen LogP contribution in [0.4, 0.5) is 5.69 Å². The van der Waals surface area contributed by atoms with Gasteiger partial charge >= 0.3 is 0 Å². The highest BCUT2D eigenvalue weighted by Gasteiger charge is 2.52. The Morgan fingerprint density at radius 2 is 1.77 bits per heavy atom. The van der Waals surface area contributed by atoms with Gasteiger partial charge in [-0.1, -0.05) is 19.9 Å². The Balaban J connectivity index is 2.01. The third-order valence-corrected chi connectivity index (χ3v) is 5.88. The monoisotopic (exact) mass is 357 g/mol. The van der Waals surface area contributed by atoms with E-state index < -0.39 is 17.8 Å². The zero-order valence-electron chi connectivity index (χ0n) is 16.3. The van der Waals surface area contributed by atoms with E-state index >= 15 is 0 Å². The number of benzene rings is 1. The number of nitrogens with zero attached hydrogens (tertiary/aromatic N) is 1. The van der Waals surface area contributed by atoms with Gasteiger partial charge in [-0.15, -0.1) is 0 Å². The molecule has 1 aliphatic carbocycles. The van der Waals surface area contributed by atoms with Gasteiger partial charge in [-0.3, -0.25) is 0 Å². The molecule has 3 aliphatic rings. The number of aliphatic hydroxyl groups excluding tert-OH is 2. The molecule has 4 rings (SSSR count). The molecule has 1 aromatic carbocycles. The van der Waals surface area contributed by atoms with Crippen LogP contribution < -0.4 is 4.74 Å². The van der Waals surface area contributed by atoms with E-state index in [2.05, 4.69) is 33.8 Å². The lowest BCUT2D eigenvalue weighted by atomic mass is 9.65. The zero-order valence-corrected chi connectivity index (χ0v) is 16.3. The van der Waals surface area contributed by atoms with Gasteiger partial charge in [0, 0.05) is 0 Å². The van der Waals surface area contributed by atoms with E-state index in [1.54, 1.807) is 19.9 Å². The maximum Gasteiger partial charge on any atom is 0.234 e. The van der Waals surface area contributed by atoms with Crippen LogP contribution in [-0.2, 0) is 0 Å². The Bertz CT molecular complexity index is 876. The number of fused-ring (bicyclic) bond motifs is 5. The van der Waals surface area contributed by atoms with Crippen LogP contribution in [0.15, 0.2) is 18.2 Å². The summed E-state index contributed by atoms with van der Waals surface area (Å²) >= 11 is 0. The molecule has 0 radical (unpaired) electrons. The summed E-state index contributed by atoms with van der Waals surface area (Å²) in [6.07, 6.45) is 0.744. The predicted octanol–water partition coefficient (Wildman–Crippen LogP) is 3.69. The summed E-state index contributed by atoms with van der Waals surface area (Å²) < 4.78 is 6.87. The Morgan fingerprint density at radius 3 is 2.42 bits per heavy atom. The summed E-state index contributed by atoms with van der Waals surface area (Å²) in [5, 5.41) is 34.6. The van der Waals surface area contributed by atoms with Crippen LogP contribution in [0.2, 0.25) is 0 Å². The fraction of sp³-hybridized carbons (Fsp3) is 0.571. The minimum Gasteiger partial charge on any atom is -0.618 e. The maximum atomic E-state index is 13.3. The first-order chi connectivity index (χ1) is 11.9. The van der Waals surface area contributed by atoms with Crippen molar-refractivity contribution in [1.29, 1.82) is 0 Å². The lowest BCUT2D eigenvalue weighted by Gasteiger charge is -2.39. The Labute approximate surface area is 154 Å². The van der Waals surface area contributed by atoms with E-state index in [4.69, 9.17) is 4.74 Å². The zero-order chi connectivity index (χ0) is 19.2. The second kappa shape index (κ2) is 4.90. The van der Waals surface area contributed by atoms with Crippen LogP contribution in [0.5, 0.6) is 5.75 Å². The molecular formula is C21H27NO4. The van der Waals surface area contributed by atoms with Crippen molar-refractivity contribution in [1.82, 2.24) is 0 Å². The smallest absolute Gasteiger partial charge is 0.234 e. The molecule has 5 nitrogen and oxygen atoms in total. The highest BCUT2D eigenvalue weighted by atomic mass is 16.5. The topological polar surface area (TPSA) is 75.8 Å². The van der Waals surface area contributed by atoms with E-state index in [-0.39, 0.29) is 10.8 Å². The standard InChI is InChI=1S/C21H27NO4/c1-19(2)9-12-11-7-8-13-14(16(23)18(24)21(5,6)26-13)15(11)22(25)17(12)20(3,4)10-19/h7-9,16,18,23-24H,10H2,1-6H3/t16-,18+/m1/s1. The van der Waals surface area contributed by atoms with E-state index in [0.29, 0.717) is 17.0 Å². The van der Waals surface area contributed by atoms with Gasteiger partial charge in [0.15, 0.2) is 0 Å². The van der Waals surface area contributed by atoms with Gasteiger partial charge < -0.3 is 20.2 Å². The maximum absolute atomic E-state index is 13.3. The first-order valence-electron chi connectivity index (χ1n) is 9.16. The van der Waals surface area contributed by atoms with Crippen molar-refractivity contribution in [2.24, 2.45) is 10.8 Å². The minimum atomic E-state index is -1.17. The molecule has 0 aromatic heterocycles. The lowest BCUT2D eigenvalue weighted by Crippen LogP contribution is -2.48. The van der Waals surface area contributed by atoms with Crippen LogP contribution >= 0.6 is 0 Å². The minimum absolute atomic E-state index is 0.0304. The molecule has 2 atom stereocenters. The van der Waals surface area contributed by atoms with Crippen molar-refractivity contribution in [2.45, 2.75) is 65.8 Å². The van der Waals surface area contributed by atoms with Gasteiger partial charge in [0.05, 0.1) is 22.1 Å². The fourth-order valence-corrected chi connectivity index (χ4v) is 5.08. The van der Waals surface area contributed by atoms with Gasteiger partial charge in [-0.2, -0.15) is 4.74 Å². The number of hydrogen-bond acceptors (Lipinski definition) is 4. The SMILES string of the molecule is CC1(C)C=C2C(=[N+]([O-])c3c2ccc2c3[C@@H](O)[C@H](O)C(C)(C)O2)C(C)(C)C1. The molecule has 2 aliphatic heterocycles. The molecule has 5 heteroatoms. The average molecular weight is 357 g/mol. The van der Waals surface area contributed by atoms with Crippen LogP contribution in [-0.4, -0.2) is 32.4 Å². The van der Waals surface area contributed by atoms with Crippen LogP contribution in [0, 0.1) is 16.0 Å². The third-order valence-electron chi connectivity index (χ3n) is 5.88. The molecule has 0 bridgehead atoms. The van der Waals surface area contributed by atoms with Gasteiger partial charge in [0.2, 0.25) is 11.4 Å². The van der Waals surface area contributed by atoms with Crippen molar-refractivity contribution in [3.8, 4) is 5.75 Å². The van der Waals surface area contributed by atoms with Gasteiger partial charge in [0.1, 0.15) is 23.6 Å². The van der Waals surface area contributed by atoms with Crippen LogP contribution in [0.25, 0.3) is 5.57 Å². The largest absolute Gasteiger partial charge is 0.618 e. The second-order valence-corrected chi connectivity index (χ2v) is 9.72. The van der Waals surface area contributed by atoms with Crippen molar-refractivity contribution < 1.29 is 19.7 Å². The van der Waals surface area contributed by atoms with Gasteiger partial charge in [-0.25, -0.2) is 0 Å². The van der Waals surface area contributed by atoms with Crippen molar-refractivity contribution in [2.75, 3.05) is 0 Å². The Hall–Kier alpha value is -1.85. The number of ether oxygens (including phenoxy) is 1. The highest BCUT2D eigenvalue weighted by Crippen LogP contribution is 2.54. The molecule has 0 amide bonds. The first kappa shape index (κ1) is 17.6. The predicted molar refractivity (Wildman–Crippen MR) is 101 cm³/mol. The number of allylic oxidation sites excluding steroid dienone is 2. The molecule has 0 saturated heterocycles. The number of aliphatic hydroxyl groups is 2. The van der Waals surface area contributed by atoms with E-state index in [0.717, 1.165) is 28.0 Å². The molecule has 0 fully saturated rings. The van der Waals surface area contributed by atoms with Crippen LogP contribution in [0.1, 0.15) is 65.2 Å². The van der Waals surface area contributed by atoms with Crippen molar-refractivity contribution in [3.05, 3.63) is 34.5 Å². The summed E-state index contributed by atoms with van der Waals surface area (Å²) in [5.74, 6) is 0.462. The number of rotatable bonds is 0. The lowest BCUT2D eigenvalue weighted by molar-refractivity contribution is -0.363. The average Bonchev–Trinajstić information content (AvgIpc) is 2.75. The molecule has 0 spiro atoms. The molecule has 2 heterocycles. The number of hydrogen-bond donors (Lipinski definition) is 2. The summed E-state index contributed by atoms with van der Waals surface area (Å²) in [4.78, 5) is 0. The van der Waals surface area contributed by atoms with E-state index in [9.17, 15) is 15.4 Å². The van der Waals surface area contributed by atoms with E-state index in [1.165, 1.54) is 0 Å². The highest BCUT2D eigenvalue weighted by molar-refractivity contribution is 6.28. The van der Waals surface area contributed by atoms with Gasteiger partial charge in [0.25, 0.3) is 0 Å².